The van der Waals surface area contributed by atoms with Crippen LogP contribution in [0.5, 0.6) is 11.5 Å². The predicted molar refractivity (Wildman–Crippen MR) is 135 cm³/mol. The molecule has 0 spiro atoms. The van der Waals surface area contributed by atoms with Crippen LogP contribution in [-0.2, 0) is 0 Å². The van der Waals surface area contributed by atoms with E-state index in [4.69, 9.17) is 0 Å². The third kappa shape index (κ3) is 3.46. The van der Waals surface area contributed by atoms with Gasteiger partial charge in [0.25, 0.3) is 0 Å². The summed E-state index contributed by atoms with van der Waals surface area (Å²) in [5, 5.41) is 20.8. The zero-order valence-electron chi connectivity index (χ0n) is 19.7. The molecule has 0 saturated carbocycles. The monoisotopic (exact) mass is 422 g/mol. The fourth-order valence-electron chi connectivity index (χ4n) is 4.60. The molecule has 0 bridgehead atoms. The van der Waals surface area contributed by atoms with Crippen molar-refractivity contribution in [1.82, 2.24) is 0 Å². The van der Waals surface area contributed by atoms with E-state index >= 15 is 0 Å². The Morgan fingerprint density at radius 3 is 1.00 bits per heavy atom. The lowest BCUT2D eigenvalue weighted by atomic mass is 9.85. The minimum absolute atomic E-state index is 0.370. The molecule has 32 heavy (non-hydrogen) atoms. The SMILES string of the molecule is Cc1cc(-c2ccccc2-c2ccccc2-c2cc(C)c(O)c(C)c2C)c(C)c(C)c1O. The molecule has 2 heteroatoms. The number of hydrogen-bond donors (Lipinski definition) is 2. The highest BCUT2D eigenvalue weighted by molar-refractivity contribution is 5.93. The molecular weight excluding hydrogens is 392 g/mol. The number of aryl methyl sites for hydroxylation is 2. The molecule has 2 nitrogen and oxygen atoms in total. The van der Waals surface area contributed by atoms with E-state index in [1.54, 1.807) is 0 Å². The summed E-state index contributed by atoms with van der Waals surface area (Å²) in [6.45, 7) is 12.0. The molecule has 0 aromatic heterocycles. The molecule has 4 aromatic rings. The molecule has 162 valence electrons. The van der Waals surface area contributed by atoms with Crippen LogP contribution in [-0.4, -0.2) is 10.2 Å². The fraction of sp³-hybridized carbons (Fsp3) is 0.200. The molecule has 0 aliphatic heterocycles. The van der Waals surface area contributed by atoms with E-state index in [1.807, 2.05) is 27.7 Å². The Morgan fingerprint density at radius 1 is 0.406 bits per heavy atom. The van der Waals surface area contributed by atoms with Gasteiger partial charge in [0.05, 0.1) is 0 Å². The second-order valence-corrected chi connectivity index (χ2v) is 8.77. The molecule has 0 amide bonds. The molecule has 4 aromatic carbocycles. The lowest BCUT2D eigenvalue weighted by molar-refractivity contribution is 0.466. The predicted octanol–water partition coefficient (Wildman–Crippen LogP) is 7.95. The Hall–Kier alpha value is -3.52. The first kappa shape index (κ1) is 21.7. The summed E-state index contributed by atoms with van der Waals surface area (Å²) in [5.74, 6) is 0.740. The highest BCUT2D eigenvalue weighted by Crippen LogP contribution is 2.43. The number of hydrogen-bond acceptors (Lipinski definition) is 2. The van der Waals surface area contributed by atoms with Crippen molar-refractivity contribution in [3.8, 4) is 44.9 Å². The average Bonchev–Trinajstić information content (AvgIpc) is 2.81. The smallest absolute Gasteiger partial charge is 0.121 e. The third-order valence-electron chi connectivity index (χ3n) is 6.84. The van der Waals surface area contributed by atoms with Crippen LogP contribution in [0.1, 0.15) is 33.4 Å². The topological polar surface area (TPSA) is 40.5 Å². The van der Waals surface area contributed by atoms with Crippen molar-refractivity contribution in [1.29, 1.82) is 0 Å². The van der Waals surface area contributed by atoms with Gasteiger partial charge in [0, 0.05) is 0 Å². The standard InChI is InChI=1S/C30H30O2/c1-17-15-27(19(3)21(5)29(17)31)25-13-9-7-11-23(25)24-12-8-10-14-26(24)28-16-18(2)30(32)22(6)20(28)4/h7-16,31-32H,1-6H3. The Labute approximate surface area is 190 Å². The van der Waals surface area contributed by atoms with Crippen LogP contribution in [0.2, 0.25) is 0 Å². The Balaban J connectivity index is 2.01. The lowest BCUT2D eigenvalue weighted by Crippen LogP contribution is -1.96. The summed E-state index contributed by atoms with van der Waals surface area (Å²) >= 11 is 0. The molecule has 0 atom stereocenters. The van der Waals surface area contributed by atoms with E-state index in [-0.39, 0.29) is 0 Å². The summed E-state index contributed by atoms with van der Waals surface area (Å²) in [4.78, 5) is 0. The first-order valence-electron chi connectivity index (χ1n) is 11.0. The van der Waals surface area contributed by atoms with Gasteiger partial charge < -0.3 is 10.2 Å². The van der Waals surface area contributed by atoms with Crippen LogP contribution < -0.4 is 0 Å². The molecule has 0 aliphatic carbocycles. The molecule has 0 radical (unpaired) electrons. The molecule has 0 heterocycles. The fourth-order valence-corrected chi connectivity index (χ4v) is 4.60. The van der Waals surface area contributed by atoms with Crippen molar-refractivity contribution in [3.63, 3.8) is 0 Å². The van der Waals surface area contributed by atoms with Gasteiger partial charge in [0.15, 0.2) is 0 Å². The van der Waals surface area contributed by atoms with Crippen LogP contribution in [0.25, 0.3) is 33.4 Å². The maximum absolute atomic E-state index is 10.4. The van der Waals surface area contributed by atoms with Gasteiger partial charge in [-0.3, -0.25) is 0 Å². The van der Waals surface area contributed by atoms with E-state index < -0.39 is 0 Å². The molecular formula is C30H30O2. The number of phenols is 2. The Bertz CT molecular complexity index is 1240. The second kappa shape index (κ2) is 8.20. The molecule has 0 aliphatic rings. The minimum atomic E-state index is 0.370. The van der Waals surface area contributed by atoms with Gasteiger partial charge >= 0.3 is 0 Å². The van der Waals surface area contributed by atoms with Crippen molar-refractivity contribution in [2.45, 2.75) is 41.5 Å². The Kier molecular flexibility index (Phi) is 5.56. The van der Waals surface area contributed by atoms with Gasteiger partial charge in [-0.15, -0.1) is 0 Å². The van der Waals surface area contributed by atoms with Crippen molar-refractivity contribution in [2.75, 3.05) is 0 Å². The van der Waals surface area contributed by atoms with Crippen LogP contribution >= 0.6 is 0 Å². The van der Waals surface area contributed by atoms with Crippen LogP contribution in [0, 0.1) is 41.5 Å². The molecule has 0 saturated heterocycles. The molecule has 4 rings (SSSR count). The van der Waals surface area contributed by atoms with Crippen LogP contribution in [0.15, 0.2) is 60.7 Å². The van der Waals surface area contributed by atoms with E-state index in [2.05, 4.69) is 74.5 Å². The van der Waals surface area contributed by atoms with Gasteiger partial charge in [-0.1, -0.05) is 48.5 Å². The van der Waals surface area contributed by atoms with Crippen molar-refractivity contribution >= 4 is 0 Å². The number of aromatic hydroxyl groups is 2. The number of rotatable bonds is 3. The largest absolute Gasteiger partial charge is 0.507 e. The van der Waals surface area contributed by atoms with Crippen molar-refractivity contribution in [2.24, 2.45) is 0 Å². The highest BCUT2D eigenvalue weighted by Gasteiger charge is 2.18. The summed E-state index contributed by atoms with van der Waals surface area (Å²) in [6.07, 6.45) is 0. The zero-order valence-corrected chi connectivity index (χ0v) is 19.7. The van der Waals surface area contributed by atoms with Crippen LogP contribution in [0.4, 0.5) is 0 Å². The molecule has 0 unspecified atom stereocenters. The van der Waals surface area contributed by atoms with Crippen LogP contribution in [0.3, 0.4) is 0 Å². The van der Waals surface area contributed by atoms with E-state index in [0.29, 0.717) is 11.5 Å². The van der Waals surface area contributed by atoms with Crippen molar-refractivity contribution in [3.05, 3.63) is 94.0 Å². The zero-order chi connectivity index (χ0) is 23.2. The van der Waals surface area contributed by atoms with Gasteiger partial charge in [-0.2, -0.15) is 0 Å². The lowest BCUT2D eigenvalue weighted by Gasteiger charge is -2.20. The second-order valence-electron chi connectivity index (χ2n) is 8.77. The maximum Gasteiger partial charge on any atom is 0.121 e. The molecule has 0 fully saturated rings. The van der Waals surface area contributed by atoms with Gasteiger partial charge in [-0.25, -0.2) is 0 Å². The first-order valence-corrected chi connectivity index (χ1v) is 11.0. The minimum Gasteiger partial charge on any atom is -0.507 e. The summed E-state index contributed by atoms with van der Waals surface area (Å²) < 4.78 is 0. The third-order valence-corrected chi connectivity index (χ3v) is 6.84. The van der Waals surface area contributed by atoms with E-state index in [9.17, 15) is 10.2 Å². The van der Waals surface area contributed by atoms with Gasteiger partial charge in [0.2, 0.25) is 0 Å². The maximum atomic E-state index is 10.4. The quantitative estimate of drug-likeness (QED) is 0.352. The summed E-state index contributed by atoms with van der Waals surface area (Å²) in [6, 6.07) is 21.1. The van der Waals surface area contributed by atoms with E-state index in [0.717, 1.165) is 66.8 Å². The molecule has 2 N–H and O–H groups in total. The number of phenolic OH excluding ortho intramolecular Hbond substituents is 2. The summed E-state index contributed by atoms with van der Waals surface area (Å²) in [5.41, 5.74) is 12.7. The van der Waals surface area contributed by atoms with Gasteiger partial charge in [0.1, 0.15) is 11.5 Å². The van der Waals surface area contributed by atoms with Gasteiger partial charge in [-0.05, 0) is 120 Å². The normalized spacial score (nSPS) is 11.1. The Morgan fingerprint density at radius 2 is 0.688 bits per heavy atom. The van der Waals surface area contributed by atoms with Crippen molar-refractivity contribution < 1.29 is 10.2 Å². The average molecular weight is 423 g/mol. The highest BCUT2D eigenvalue weighted by atomic mass is 16.3. The van der Waals surface area contributed by atoms with E-state index in [1.165, 1.54) is 0 Å². The number of benzene rings is 4. The first-order chi connectivity index (χ1) is 15.2. The summed E-state index contributed by atoms with van der Waals surface area (Å²) in [7, 11) is 0.